The van der Waals surface area contributed by atoms with E-state index in [9.17, 15) is 9.59 Å². The molecule has 0 heterocycles. The van der Waals surface area contributed by atoms with Gasteiger partial charge in [0.2, 0.25) is 11.8 Å². The molecular weight excluding hydrogens is 326 g/mol. The molecular formula is C21H27N3O2. The number of nitrogens with two attached hydrogens (primary N) is 1. The molecule has 0 aliphatic rings. The van der Waals surface area contributed by atoms with Gasteiger partial charge in [0.1, 0.15) is 0 Å². The van der Waals surface area contributed by atoms with Crippen LogP contribution in [0.4, 0.5) is 0 Å². The Bertz CT molecular complexity index is 712. The van der Waals surface area contributed by atoms with Gasteiger partial charge in [0.15, 0.2) is 0 Å². The van der Waals surface area contributed by atoms with Crippen LogP contribution in [0, 0.1) is 0 Å². The highest BCUT2D eigenvalue weighted by molar-refractivity contribution is 5.85. The van der Waals surface area contributed by atoms with E-state index in [0.717, 1.165) is 11.1 Å². The number of hydrogen-bond acceptors (Lipinski definition) is 3. The molecule has 2 aromatic carbocycles. The molecule has 0 aliphatic heterocycles. The van der Waals surface area contributed by atoms with E-state index in [-0.39, 0.29) is 30.8 Å². The van der Waals surface area contributed by atoms with E-state index in [1.807, 2.05) is 42.5 Å². The van der Waals surface area contributed by atoms with Crippen molar-refractivity contribution < 1.29 is 9.59 Å². The van der Waals surface area contributed by atoms with Crippen LogP contribution in [0.3, 0.4) is 0 Å². The topological polar surface area (TPSA) is 84.2 Å². The predicted octanol–water partition coefficient (Wildman–Crippen LogP) is 2.28. The maximum Gasteiger partial charge on any atom is 0.239 e. The summed E-state index contributed by atoms with van der Waals surface area (Å²) in [6.45, 7) is 4.56. The monoisotopic (exact) mass is 353 g/mol. The van der Waals surface area contributed by atoms with Gasteiger partial charge in [0.05, 0.1) is 13.0 Å². The fraction of sp³-hybridized carbons (Fsp3) is 0.333. The summed E-state index contributed by atoms with van der Waals surface area (Å²) in [7, 11) is 0. The zero-order valence-corrected chi connectivity index (χ0v) is 15.4. The lowest BCUT2D eigenvalue weighted by Gasteiger charge is -2.15. The van der Waals surface area contributed by atoms with Crippen molar-refractivity contribution in [3.05, 3.63) is 71.3 Å². The molecule has 2 amide bonds. The van der Waals surface area contributed by atoms with Crippen molar-refractivity contribution in [3.63, 3.8) is 0 Å². The number of carbonyl (C=O) groups excluding carboxylic acids is 2. The molecule has 0 fully saturated rings. The largest absolute Gasteiger partial charge is 0.353 e. The lowest BCUT2D eigenvalue weighted by molar-refractivity contribution is -0.125. The van der Waals surface area contributed by atoms with Gasteiger partial charge in [-0.15, -0.1) is 0 Å². The quantitative estimate of drug-likeness (QED) is 0.681. The SMILES string of the molecule is CC(C)c1ccc(C(N)CNC(=O)CNC(=O)Cc2ccccc2)cc1. The van der Waals surface area contributed by atoms with Crippen molar-refractivity contribution in [2.75, 3.05) is 13.1 Å². The fourth-order valence-electron chi connectivity index (χ4n) is 2.55. The molecule has 138 valence electrons. The van der Waals surface area contributed by atoms with Gasteiger partial charge in [-0.1, -0.05) is 68.4 Å². The molecule has 1 atom stereocenters. The van der Waals surface area contributed by atoms with Crippen molar-refractivity contribution in [3.8, 4) is 0 Å². The number of rotatable bonds is 8. The van der Waals surface area contributed by atoms with E-state index in [1.165, 1.54) is 5.56 Å². The minimum atomic E-state index is -0.278. The Balaban J connectivity index is 1.71. The van der Waals surface area contributed by atoms with E-state index in [2.05, 4.69) is 36.6 Å². The standard InChI is InChI=1S/C21H27N3O2/c1-15(2)17-8-10-18(11-9-17)19(22)13-23-21(26)14-24-20(25)12-16-6-4-3-5-7-16/h3-11,15,19H,12-14,22H2,1-2H3,(H,23,26)(H,24,25). The van der Waals surface area contributed by atoms with Gasteiger partial charge in [-0.25, -0.2) is 0 Å². The van der Waals surface area contributed by atoms with Crippen molar-refractivity contribution >= 4 is 11.8 Å². The Hall–Kier alpha value is -2.66. The average Bonchev–Trinajstić information content (AvgIpc) is 2.65. The Morgan fingerprint density at radius 3 is 2.12 bits per heavy atom. The van der Waals surface area contributed by atoms with Crippen molar-refractivity contribution in [1.29, 1.82) is 0 Å². The summed E-state index contributed by atoms with van der Waals surface area (Å²) in [4.78, 5) is 23.7. The number of hydrogen-bond donors (Lipinski definition) is 3. The molecule has 0 bridgehead atoms. The van der Waals surface area contributed by atoms with Crippen LogP contribution in [-0.2, 0) is 16.0 Å². The van der Waals surface area contributed by atoms with E-state index in [4.69, 9.17) is 5.73 Å². The molecule has 5 heteroatoms. The molecule has 5 nitrogen and oxygen atoms in total. The Kier molecular flexibility index (Phi) is 7.36. The number of benzene rings is 2. The van der Waals surface area contributed by atoms with Crippen molar-refractivity contribution in [2.45, 2.75) is 32.2 Å². The molecule has 2 rings (SSSR count). The Morgan fingerprint density at radius 2 is 1.50 bits per heavy atom. The van der Waals surface area contributed by atoms with E-state index in [1.54, 1.807) is 0 Å². The molecule has 1 unspecified atom stereocenters. The number of amides is 2. The maximum absolute atomic E-state index is 11.9. The van der Waals surface area contributed by atoms with E-state index < -0.39 is 0 Å². The van der Waals surface area contributed by atoms with Crippen LogP contribution >= 0.6 is 0 Å². The first-order chi connectivity index (χ1) is 12.5. The summed E-state index contributed by atoms with van der Waals surface area (Å²) in [5.41, 5.74) is 9.27. The van der Waals surface area contributed by atoms with Crippen LogP contribution in [0.1, 0.15) is 42.5 Å². The zero-order chi connectivity index (χ0) is 18.9. The summed E-state index contributed by atoms with van der Waals surface area (Å²) in [5.74, 6) is 0.0417. The molecule has 0 aliphatic carbocycles. The van der Waals surface area contributed by atoms with Gasteiger partial charge in [-0.2, -0.15) is 0 Å². The molecule has 26 heavy (non-hydrogen) atoms. The molecule has 0 saturated carbocycles. The van der Waals surface area contributed by atoms with Crippen molar-refractivity contribution in [1.82, 2.24) is 10.6 Å². The first kappa shape index (κ1) is 19.7. The van der Waals surface area contributed by atoms with Gasteiger partial charge in [0, 0.05) is 12.6 Å². The number of carbonyl (C=O) groups is 2. The summed E-state index contributed by atoms with van der Waals surface area (Å²) >= 11 is 0. The van der Waals surface area contributed by atoms with Crippen LogP contribution < -0.4 is 16.4 Å². The van der Waals surface area contributed by atoms with Gasteiger partial charge in [-0.05, 0) is 22.6 Å². The number of nitrogens with one attached hydrogen (secondary N) is 2. The summed E-state index contributed by atoms with van der Waals surface area (Å²) in [6.07, 6.45) is 0.260. The summed E-state index contributed by atoms with van der Waals surface area (Å²) in [6, 6.07) is 17.2. The third-order valence-electron chi connectivity index (χ3n) is 4.20. The summed E-state index contributed by atoms with van der Waals surface area (Å²) in [5, 5.41) is 5.38. The van der Waals surface area contributed by atoms with Crippen LogP contribution in [-0.4, -0.2) is 24.9 Å². The minimum Gasteiger partial charge on any atom is -0.353 e. The van der Waals surface area contributed by atoms with Crippen LogP contribution in [0.5, 0.6) is 0 Å². The highest BCUT2D eigenvalue weighted by Crippen LogP contribution is 2.17. The third-order valence-corrected chi connectivity index (χ3v) is 4.20. The molecule has 4 N–H and O–H groups in total. The first-order valence-corrected chi connectivity index (χ1v) is 8.88. The second-order valence-electron chi connectivity index (χ2n) is 6.67. The highest BCUT2D eigenvalue weighted by Gasteiger charge is 2.10. The van der Waals surface area contributed by atoms with Crippen LogP contribution in [0.25, 0.3) is 0 Å². The second-order valence-corrected chi connectivity index (χ2v) is 6.67. The highest BCUT2D eigenvalue weighted by atomic mass is 16.2. The fourth-order valence-corrected chi connectivity index (χ4v) is 2.55. The Morgan fingerprint density at radius 1 is 0.885 bits per heavy atom. The van der Waals surface area contributed by atoms with E-state index >= 15 is 0 Å². The predicted molar refractivity (Wildman–Crippen MR) is 104 cm³/mol. The van der Waals surface area contributed by atoms with E-state index in [0.29, 0.717) is 12.5 Å². The lowest BCUT2D eigenvalue weighted by Crippen LogP contribution is -2.40. The summed E-state index contributed by atoms with van der Waals surface area (Å²) < 4.78 is 0. The molecule has 0 saturated heterocycles. The first-order valence-electron chi connectivity index (χ1n) is 8.88. The smallest absolute Gasteiger partial charge is 0.239 e. The molecule has 0 aromatic heterocycles. The van der Waals surface area contributed by atoms with Gasteiger partial charge >= 0.3 is 0 Å². The van der Waals surface area contributed by atoms with Gasteiger partial charge in [-0.3, -0.25) is 9.59 Å². The van der Waals surface area contributed by atoms with Crippen molar-refractivity contribution in [2.24, 2.45) is 5.73 Å². The molecule has 0 radical (unpaired) electrons. The third kappa shape index (κ3) is 6.33. The second kappa shape index (κ2) is 9.73. The normalized spacial score (nSPS) is 11.8. The minimum absolute atomic E-state index is 0.0509. The zero-order valence-electron chi connectivity index (χ0n) is 15.4. The molecule has 0 spiro atoms. The van der Waals surface area contributed by atoms with Gasteiger partial charge < -0.3 is 16.4 Å². The molecule has 2 aromatic rings. The Labute approximate surface area is 155 Å². The van der Waals surface area contributed by atoms with Crippen LogP contribution in [0.15, 0.2) is 54.6 Å². The average molecular weight is 353 g/mol. The van der Waals surface area contributed by atoms with Gasteiger partial charge in [0.25, 0.3) is 0 Å². The maximum atomic E-state index is 11.9. The lowest BCUT2D eigenvalue weighted by atomic mass is 9.99. The van der Waals surface area contributed by atoms with Crippen LogP contribution in [0.2, 0.25) is 0 Å².